The van der Waals surface area contributed by atoms with Gasteiger partial charge in [0.2, 0.25) is 0 Å². The van der Waals surface area contributed by atoms with Crippen LogP contribution < -0.4 is 0 Å². The topological polar surface area (TPSA) is 61.5 Å². The van der Waals surface area contributed by atoms with E-state index in [9.17, 15) is 4.79 Å². The van der Waals surface area contributed by atoms with Crippen LogP contribution in [-0.2, 0) is 4.74 Å². The summed E-state index contributed by atoms with van der Waals surface area (Å²) in [6.07, 6.45) is 4.64. The average Bonchev–Trinajstić information content (AvgIpc) is 3.08. The molecule has 6 heteroatoms. The summed E-state index contributed by atoms with van der Waals surface area (Å²) in [4.78, 5) is 16.1. The molecule has 106 valence electrons. The lowest BCUT2D eigenvalue weighted by molar-refractivity contribution is 0.146. The number of nitrogens with one attached hydrogen (secondary N) is 1. The first-order valence-corrected chi connectivity index (χ1v) is 6.74. The van der Waals surface area contributed by atoms with Gasteiger partial charge >= 0.3 is 6.03 Å². The fourth-order valence-electron chi connectivity index (χ4n) is 2.53. The van der Waals surface area contributed by atoms with E-state index >= 15 is 0 Å². The average molecular weight is 266 g/mol. The van der Waals surface area contributed by atoms with Gasteiger partial charge in [-0.3, -0.25) is 5.10 Å². The maximum absolute atomic E-state index is 12.4. The summed E-state index contributed by atoms with van der Waals surface area (Å²) in [6, 6.07) is 2.18. The van der Waals surface area contributed by atoms with Crippen molar-refractivity contribution in [2.75, 3.05) is 33.9 Å². The van der Waals surface area contributed by atoms with Crippen LogP contribution in [-0.4, -0.2) is 59.9 Å². The van der Waals surface area contributed by atoms with Gasteiger partial charge in [0.05, 0.1) is 11.7 Å². The quantitative estimate of drug-likeness (QED) is 0.824. The predicted octanol–water partition coefficient (Wildman–Crippen LogP) is 1.63. The number of ether oxygens (including phenoxy) is 1. The molecule has 1 aromatic heterocycles. The Hall–Kier alpha value is -1.56. The number of nitrogens with zero attached hydrogens (tertiary/aromatic N) is 3. The number of carbonyl (C=O) groups is 1. The molecule has 0 saturated carbocycles. The number of H-pyrrole nitrogens is 1. The van der Waals surface area contributed by atoms with E-state index < -0.39 is 0 Å². The Kier molecular flexibility index (Phi) is 4.79. The van der Waals surface area contributed by atoms with Crippen molar-refractivity contribution in [3.05, 3.63) is 18.0 Å². The minimum Gasteiger partial charge on any atom is -0.385 e. The second-order valence-electron chi connectivity index (χ2n) is 4.91. The highest BCUT2D eigenvalue weighted by Crippen LogP contribution is 2.31. The van der Waals surface area contributed by atoms with Gasteiger partial charge in [0.15, 0.2) is 0 Å². The van der Waals surface area contributed by atoms with Crippen molar-refractivity contribution in [2.24, 2.45) is 0 Å². The van der Waals surface area contributed by atoms with Crippen LogP contribution in [0, 0.1) is 0 Å². The molecule has 1 aliphatic heterocycles. The normalized spacial score (nSPS) is 18.8. The zero-order valence-corrected chi connectivity index (χ0v) is 11.6. The summed E-state index contributed by atoms with van der Waals surface area (Å²) in [5.74, 6) is 0. The van der Waals surface area contributed by atoms with Crippen LogP contribution in [0.25, 0.3) is 0 Å². The summed E-state index contributed by atoms with van der Waals surface area (Å²) in [5.41, 5.74) is 1.02. The number of urea groups is 1. The number of rotatable bonds is 5. The first-order valence-electron chi connectivity index (χ1n) is 6.74. The fraction of sp³-hybridized carbons (Fsp3) is 0.692. The van der Waals surface area contributed by atoms with Gasteiger partial charge in [-0.25, -0.2) is 4.79 Å². The molecule has 1 saturated heterocycles. The van der Waals surface area contributed by atoms with E-state index in [1.165, 1.54) is 0 Å². The highest BCUT2D eigenvalue weighted by atomic mass is 16.5. The lowest BCUT2D eigenvalue weighted by Gasteiger charge is -2.29. The van der Waals surface area contributed by atoms with E-state index in [4.69, 9.17) is 4.74 Å². The molecule has 1 aliphatic rings. The van der Waals surface area contributed by atoms with Crippen molar-refractivity contribution in [1.82, 2.24) is 20.0 Å². The molecule has 0 aliphatic carbocycles. The van der Waals surface area contributed by atoms with E-state index in [0.717, 1.165) is 38.0 Å². The number of likely N-dealkylation sites (tertiary alicyclic amines) is 1. The standard InChI is InChI=1S/C13H22N4O2/c1-16(8-4-10-19-2)13(18)17-9-3-5-12(17)11-6-7-14-15-11/h6-7,12H,3-5,8-10H2,1-2H3,(H,14,15)/t12-/m1/s1. The van der Waals surface area contributed by atoms with Crippen molar-refractivity contribution in [3.63, 3.8) is 0 Å². The summed E-state index contributed by atoms with van der Waals surface area (Å²) in [5, 5.41) is 6.95. The molecule has 2 amide bonds. The van der Waals surface area contributed by atoms with Gasteiger partial charge < -0.3 is 14.5 Å². The second-order valence-corrected chi connectivity index (χ2v) is 4.91. The van der Waals surface area contributed by atoms with Crippen LogP contribution in [0.5, 0.6) is 0 Å². The van der Waals surface area contributed by atoms with Gasteiger partial charge in [0.1, 0.15) is 0 Å². The Balaban J connectivity index is 1.94. The zero-order valence-electron chi connectivity index (χ0n) is 11.6. The van der Waals surface area contributed by atoms with Crippen LogP contribution in [0.3, 0.4) is 0 Å². The third kappa shape index (κ3) is 3.26. The second kappa shape index (κ2) is 6.56. The van der Waals surface area contributed by atoms with Gasteiger partial charge in [-0.05, 0) is 25.3 Å². The Morgan fingerprint density at radius 3 is 3.21 bits per heavy atom. The number of methoxy groups -OCH3 is 1. The van der Waals surface area contributed by atoms with E-state index in [1.54, 1.807) is 18.2 Å². The maximum Gasteiger partial charge on any atom is 0.320 e. The SMILES string of the molecule is COCCCN(C)C(=O)N1CCC[C@@H]1c1ccn[nH]1. The van der Waals surface area contributed by atoms with Crippen molar-refractivity contribution < 1.29 is 9.53 Å². The lowest BCUT2D eigenvalue weighted by atomic mass is 10.1. The number of amides is 2. The predicted molar refractivity (Wildman–Crippen MR) is 71.8 cm³/mol. The van der Waals surface area contributed by atoms with Gasteiger partial charge in [0.25, 0.3) is 0 Å². The Morgan fingerprint density at radius 1 is 1.68 bits per heavy atom. The van der Waals surface area contributed by atoms with Crippen molar-refractivity contribution in [3.8, 4) is 0 Å². The smallest absolute Gasteiger partial charge is 0.320 e. The number of aromatic amines is 1. The number of hydrogen-bond acceptors (Lipinski definition) is 3. The molecule has 1 fully saturated rings. The monoisotopic (exact) mass is 266 g/mol. The number of hydrogen-bond donors (Lipinski definition) is 1. The molecule has 0 aromatic carbocycles. The minimum atomic E-state index is 0.0909. The van der Waals surface area contributed by atoms with Crippen LogP contribution in [0.2, 0.25) is 0 Å². The first-order chi connectivity index (χ1) is 9.24. The lowest BCUT2D eigenvalue weighted by Crippen LogP contribution is -2.41. The molecule has 2 heterocycles. The zero-order chi connectivity index (χ0) is 13.7. The van der Waals surface area contributed by atoms with Crippen LogP contribution in [0.15, 0.2) is 12.3 Å². The summed E-state index contributed by atoms with van der Waals surface area (Å²) < 4.78 is 5.01. The maximum atomic E-state index is 12.4. The van der Waals surface area contributed by atoms with E-state index in [0.29, 0.717) is 6.61 Å². The third-order valence-corrected chi connectivity index (χ3v) is 3.55. The molecule has 2 rings (SSSR count). The van der Waals surface area contributed by atoms with E-state index in [-0.39, 0.29) is 12.1 Å². The molecule has 1 N–H and O–H groups in total. The van der Waals surface area contributed by atoms with Gasteiger partial charge in [-0.1, -0.05) is 0 Å². The molecule has 0 bridgehead atoms. The molecular formula is C13H22N4O2. The summed E-state index contributed by atoms with van der Waals surface area (Å²) in [7, 11) is 3.52. The molecule has 1 atom stereocenters. The molecule has 1 aromatic rings. The highest BCUT2D eigenvalue weighted by molar-refractivity contribution is 5.75. The first kappa shape index (κ1) is 13.9. The molecule has 0 radical (unpaired) electrons. The molecular weight excluding hydrogens is 244 g/mol. The van der Waals surface area contributed by atoms with Gasteiger partial charge in [-0.2, -0.15) is 5.10 Å². The minimum absolute atomic E-state index is 0.0909. The van der Waals surface area contributed by atoms with Crippen LogP contribution >= 0.6 is 0 Å². The van der Waals surface area contributed by atoms with Crippen molar-refractivity contribution in [1.29, 1.82) is 0 Å². The molecule has 6 nitrogen and oxygen atoms in total. The van der Waals surface area contributed by atoms with Crippen molar-refractivity contribution in [2.45, 2.75) is 25.3 Å². The van der Waals surface area contributed by atoms with Gasteiger partial charge in [-0.15, -0.1) is 0 Å². The molecule has 0 spiro atoms. The largest absolute Gasteiger partial charge is 0.385 e. The van der Waals surface area contributed by atoms with Crippen LogP contribution in [0.4, 0.5) is 4.79 Å². The van der Waals surface area contributed by atoms with E-state index in [2.05, 4.69) is 10.2 Å². The summed E-state index contributed by atoms with van der Waals surface area (Å²) >= 11 is 0. The summed E-state index contributed by atoms with van der Waals surface area (Å²) in [6.45, 7) is 2.22. The number of carbonyl (C=O) groups excluding carboxylic acids is 1. The fourth-order valence-corrected chi connectivity index (χ4v) is 2.53. The van der Waals surface area contributed by atoms with Crippen LogP contribution in [0.1, 0.15) is 31.0 Å². The Bertz CT molecular complexity index is 393. The van der Waals surface area contributed by atoms with Crippen molar-refractivity contribution >= 4 is 6.03 Å². The highest BCUT2D eigenvalue weighted by Gasteiger charge is 2.32. The van der Waals surface area contributed by atoms with E-state index in [1.807, 2.05) is 18.0 Å². The third-order valence-electron chi connectivity index (χ3n) is 3.55. The molecule has 0 unspecified atom stereocenters. The number of aromatic nitrogens is 2. The van der Waals surface area contributed by atoms with Gasteiger partial charge in [0, 0.05) is 40.1 Å². The molecule has 19 heavy (non-hydrogen) atoms. The Morgan fingerprint density at radius 2 is 2.53 bits per heavy atom. The Labute approximate surface area is 113 Å².